The van der Waals surface area contributed by atoms with E-state index in [1.165, 1.54) is 26.0 Å². The Balaban J connectivity index is 1.33. The molecule has 0 radical (unpaired) electrons. The van der Waals surface area contributed by atoms with Gasteiger partial charge in [-0.15, -0.1) is 0 Å². The zero-order valence-corrected chi connectivity index (χ0v) is 25.3. The predicted octanol–water partition coefficient (Wildman–Crippen LogP) is 1.90. The molecule has 1 aliphatic rings. The Kier molecular flexibility index (Phi) is 10.8. The highest BCUT2D eigenvalue weighted by molar-refractivity contribution is 7.34. The molecule has 0 saturated carbocycles. The largest absolute Gasteiger partial charge is 0.575 e. The number of aromatic nitrogens is 2. The molecule has 1 fully saturated rings. The van der Waals surface area contributed by atoms with E-state index in [2.05, 4.69) is 4.74 Å². The molecule has 14 nitrogen and oxygen atoms in total. The number of aliphatic hydroxyl groups is 1. The van der Waals surface area contributed by atoms with Crippen LogP contribution in [0.15, 0.2) is 81.2 Å². The van der Waals surface area contributed by atoms with Crippen molar-refractivity contribution in [3.8, 4) is 11.5 Å². The van der Waals surface area contributed by atoms with Gasteiger partial charge >= 0.3 is 25.8 Å². The van der Waals surface area contributed by atoms with Gasteiger partial charge in [-0.2, -0.15) is 0 Å². The predicted molar refractivity (Wildman–Crippen MR) is 154 cm³/mol. The van der Waals surface area contributed by atoms with E-state index in [0.717, 1.165) is 29.3 Å². The zero-order chi connectivity index (χ0) is 32.7. The van der Waals surface area contributed by atoms with Gasteiger partial charge in [0.05, 0.1) is 0 Å². The Morgan fingerprint density at radius 2 is 1.78 bits per heavy atom. The number of halogens is 1. The molecule has 3 aromatic rings. The molecule has 1 aromatic heterocycles. The van der Waals surface area contributed by atoms with Crippen LogP contribution in [-0.4, -0.2) is 63.2 Å². The average molecular weight is 648 g/mol. The van der Waals surface area contributed by atoms with Crippen LogP contribution in [0.3, 0.4) is 0 Å². The number of benzene rings is 2. The molecule has 2 heterocycles. The van der Waals surface area contributed by atoms with Crippen molar-refractivity contribution in [2.24, 2.45) is 4.74 Å². The van der Waals surface area contributed by atoms with Crippen LogP contribution in [0.25, 0.3) is 0 Å². The van der Waals surface area contributed by atoms with Crippen molar-refractivity contribution < 1.29 is 47.5 Å². The second-order valence-corrected chi connectivity index (χ2v) is 11.1. The number of aliphatic hydroxyl groups excluding tert-OH is 1. The van der Waals surface area contributed by atoms with Gasteiger partial charge in [0, 0.05) is 12.3 Å². The van der Waals surface area contributed by atoms with Crippen LogP contribution < -0.4 is 25.4 Å². The molecule has 2 aromatic carbocycles. The van der Waals surface area contributed by atoms with Gasteiger partial charge in [0.15, 0.2) is 29.8 Å². The number of H-pyrrole nitrogens is 1. The van der Waals surface area contributed by atoms with E-state index < -0.39 is 74.2 Å². The van der Waals surface area contributed by atoms with Crippen LogP contribution >= 0.6 is 8.17 Å². The van der Waals surface area contributed by atoms with Gasteiger partial charge in [-0.3, -0.25) is 18.9 Å². The summed E-state index contributed by atoms with van der Waals surface area (Å²) in [4.78, 5) is 62.9. The number of esters is 2. The second-order valence-electron chi connectivity index (χ2n) is 10.2. The first-order chi connectivity index (χ1) is 21.4. The van der Waals surface area contributed by atoms with Crippen LogP contribution in [-0.2, 0) is 30.4 Å². The van der Waals surface area contributed by atoms with Crippen molar-refractivity contribution in [1.82, 2.24) is 9.55 Å². The number of para-hydroxylation sites is 2. The summed E-state index contributed by atoms with van der Waals surface area (Å²) < 4.78 is 46.9. The maximum absolute atomic E-state index is 15.5. The van der Waals surface area contributed by atoms with Crippen molar-refractivity contribution >= 4 is 20.1 Å². The summed E-state index contributed by atoms with van der Waals surface area (Å²) in [5.74, 6) is -1.73. The standard InChI is InChI=1S/C29H31FN3O11P/c1-17(25(36)42-18(2)26(37)41-15-19-9-5-4-6-10-19)32-45(39)44-21-12-8-7-11-20(21)40-16-22-24(35)29(3,30)27(43-22)33-14-13-23(34)31-28(33)38/h4-14,17-18,22,24,27,35H,15-16H2,1-3H3,(H,31,34,38)/t17-,18-,22+,24+,27+,29+/m0/s1. The van der Waals surface area contributed by atoms with Crippen molar-refractivity contribution in [2.45, 2.75) is 63.6 Å². The third-order valence-corrected chi connectivity index (χ3v) is 7.59. The quantitative estimate of drug-likeness (QED) is 0.216. The number of aromatic amines is 1. The average Bonchev–Trinajstić information content (AvgIpc) is 3.23. The molecular weight excluding hydrogens is 616 g/mol. The summed E-state index contributed by atoms with van der Waals surface area (Å²) >= 11 is 0. The molecule has 45 heavy (non-hydrogen) atoms. The molecule has 7 atom stereocenters. The number of hydrogen-bond donors (Lipinski definition) is 2. The van der Waals surface area contributed by atoms with E-state index in [0.29, 0.717) is 0 Å². The summed E-state index contributed by atoms with van der Waals surface area (Å²) in [5, 5.41) is 10.6. The molecule has 4 rings (SSSR count). The number of nitrogens with one attached hydrogen (secondary N) is 1. The van der Waals surface area contributed by atoms with Gasteiger partial charge in [0.1, 0.15) is 25.4 Å². The Bertz CT molecular complexity index is 1650. The number of carbonyl (C=O) groups excluding carboxylic acids is 2. The molecule has 0 spiro atoms. The molecule has 1 unspecified atom stereocenters. The fourth-order valence-corrected chi connectivity index (χ4v) is 4.99. The maximum atomic E-state index is 15.5. The van der Waals surface area contributed by atoms with Crippen LogP contribution in [0.4, 0.5) is 4.39 Å². The van der Waals surface area contributed by atoms with E-state index in [1.54, 1.807) is 36.4 Å². The first-order valence-electron chi connectivity index (χ1n) is 13.7. The third-order valence-electron chi connectivity index (χ3n) is 6.71. The molecule has 1 saturated heterocycles. The minimum atomic E-state index is -2.84. The van der Waals surface area contributed by atoms with Crippen LogP contribution in [0, 0.1) is 0 Å². The highest BCUT2D eigenvalue weighted by Gasteiger charge is 2.55. The lowest BCUT2D eigenvalue weighted by atomic mass is 9.98. The first kappa shape index (κ1) is 33.5. The number of alkyl halides is 1. The number of nitrogens with zero attached hydrogens (tertiary/aromatic N) is 2. The van der Waals surface area contributed by atoms with Gasteiger partial charge in [-0.05, 0) is 38.5 Å². The highest BCUT2D eigenvalue weighted by Crippen LogP contribution is 2.41. The molecule has 0 bridgehead atoms. The van der Waals surface area contributed by atoms with Crippen LogP contribution in [0.2, 0.25) is 0 Å². The molecule has 1 aliphatic heterocycles. The van der Waals surface area contributed by atoms with Crippen LogP contribution in [0.1, 0.15) is 32.6 Å². The van der Waals surface area contributed by atoms with E-state index in [9.17, 15) is 29.2 Å². The lowest BCUT2D eigenvalue weighted by Gasteiger charge is -2.24. The first-order valence-corrected chi connectivity index (χ1v) is 14.8. The van der Waals surface area contributed by atoms with Gasteiger partial charge in [-0.1, -0.05) is 47.2 Å². The van der Waals surface area contributed by atoms with Gasteiger partial charge in [0.2, 0.25) is 5.75 Å². The molecule has 2 N–H and O–H groups in total. The van der Waals surface area contributed by atoms with Gasteiger partial charge in [0.25, 0.3) is 5.56 Å². The molecule has 0 aliphatic carbocycles. The molecular formula is C29H31FN3O11P. The second kappa shape index (κ2) is 14.6. The Hall–Kier alpha value is -4.43. The monoisotopic (exact) mass is 647 g/mol. The van der Waals surface area contributed by atoms with Crippen LogP contribution in [0.5, 0.6) is 11.5 Å². The van der Waals surface area contributed by atoms with Gasteiger partial charge < -0.3 is 28.9 Å². The Morgan fingerprint density at radius 1 is 1.11 bits per heavy atom. The van der Waals surface area contributed by atoms with E-state index in [4.69, 9.17) is 23.5 Å². The third kappa shape index (κ3) is 8.39. The highest BCUT2D eigenvalue weighted by atomic mass is 31.1. The molecule has 0 amide bonds. The Morgan fingerprint density at radius 3 is 2.47 bits per heavy atom. The minimum absolute atomic E-state index is 0.00269. The maximum Gasteiger partial charge on any atom is 0.395 e. The van der Waals surface area contributed by atoms with Crippen molar-refractivity contribution in [3.63, 3.8) is 0 Å². The van der Waals surface area contributed by atoms with E-state index in [1.807, 2.05) is 11.1 Å². The summed E-state index contributed by atoms with van der Waals surface area (Å²) in [7, 11) is -2.84. The van der Waals surface area contributed by atoms with E-state index >= 15 is 4.39 Å². The summed E-state index contributed by atoms with van der Waals surface area (Å²) in [5.41, 5.74) is -3.29. The summed E-state index contributed by atoms with van der Waals surface area (Å²) in [6.07, 6.45) is -4.75. The number of hydrogen-bond acceptors (Lipinski definition) is 12. The number of ether oxygens (including phenoxy) is 4. The summed E-state index contributed by atoms with van der Waals surface area (Å²) in [6.45, 7) is 3.27. The molecule has 240 valence electrons. The Labute approximate surface area is 256 Å². The lowest BCUT2D eigenvalue weighted by Crippen LogP contribution is -2.43. The SMILES string of the molecule is C[C@H](N=[P+]([O-])Oc1ccccc1OC[C@H]1O[C@@H](n2ccc(=O)[nH]c2=O)[C@](C)(F)[C@@H]1O)C(=O)O[C@@H](C)C(=O)OCc1ccccc1. The van der Waals surface area contributed by atoms with E-state index in [-0.39, 0.29) is 18.1 Å². The fraction of sp³-hybridized carbons (Fsp3) is 0.379. The number of rotatable bonds is 12. The zero-order valence-electron chi connectivity index (χ0n) is 24.4. The lowest BCUT2D eigenvalue weighted by molar-refractivity contribution is -0.171. The fourth-order valence-electron chi connectivity index (χ4n) is 4.24. The summed E-state index contributed by atoms with van der Waals surface area (Å²) in [6, 6.07) is 14.6. The normalized spacial score (nSPS) is 22.7. The van der Waals surface area contributed by atoms with Crippen molar-refractivity contribution in [2.75, 3.05) is 6.61 Å². The number of carbonyl (C=O) groups is 2. The van der Waals surface area contributed by atoms with Crippen molar-refractivity contribution in [3.05, 3.63) is 93.3 Å². The van der Waals surface area contributed by atoms with Crippen molar-refractivity contribution in [1.29, 1.82) is 0 Å². The molecule has 16 heteroatoms. The topological polar surface area (TPSA) is 191 Å². The minimum Gasteiger partial charge on any atom is -0.575 e. The van der Waals surface area contributed by atoms with Gasteiger partial charge in [-0.25, -0.2) is 18.8 Å². The smallest absolute Gasteiger partial charge is 0.395 e.